The van der Waals surface area contributed by atoms with Crippen LogP contribution in [0.3, 0.4) is 0 Å². The number of hydrogen-bond acceptors (Lipinski definition) is 6. The molecule has 0 atom stereocenters. The molecule has 8 nitrogen and oxygen atoms in total. The lowest BCUT2D eigenvalue weighted by Gasteiger charge is -2.31. The van der Waals surface area contributed by atoms with Crippen molar-refractivity contribution in [2.45, 2.75) is 37.9 Å². The molecule has 1 N–H and O–H groups in total. The highest BCUT2D eigenvalue weighted by Crippen LogP contribution is 2.46. The van der Waals surface area contributed by atoms with Crippen molar-refractivity contribution in [2.24, 2.45) is 0 Å². The number of nitrogens with one attached hydrogen (secondary N) is 1. The molecule has 1 aliphatic carbocycles. The standard InChI is InChI=1S/C20H19N5O3/c26-19(14-4-7-16(8-5-14)25-13-21-23-24-25)22-15-6-9-17-18(12-15)28-20(27-17)10-2-1-3-11-20/h4-9,12-13H,1-3,10-11H2,(H,22,26). The van der Waals surface area contributed by atoms with E-state index in [1.807, 2.05) is 18.2 Å². The Hall–Kier alpha value is -3.42. The van der Waals surface area contributed by atoms with Gasteiger partial charge in [0, 0.05) is 30.2 Å². The van der Waals surface area contributed by atoms with Crippen LogP contribution in [0.1, 0.15) is 42.5 Å². The van der Waals surface area contributed by atoms with Gasteiger partial charge in [-0.05, 0) is 59.7 Å². The van der Waals surface area contributed by atoms with Gasteiger partial charge in [0.25, 0.3) is 11.7 Å². The predicted molar refractivity (Wildman–Crippen MR) is 101 cm³/mol. The number of anilines is 1. The first kappa shape index (κ1) is 16.7. The first-order valence-corrected chi connectivity index (χ1v) is 9.38. The van der Waals surface area contributed by atoms with E-state index in [1.165, 1.54) is 17.4 Å². The summed E-state index contributed by atoms with van der Waals surface area (Å²) in [7, 11) is 0. The topological polar surface area (TPSA) is 91.2 Å². The van der Waals surface area contributed by atoms with Crippen LogP contribution in [0.5, 0.6) is 11.5 Å². The maximum Gasteiger partial charge on any atom is 0.255 e. The lowest BCUT2D eigenvalue weighted by Crippen LogP contribution is -2.40. The van der Waals surface area contributed by atoms with Gasteiger partial charge in [-0.1, -0.05) is 6.42 Å². The molecule has 2 aliphatic rings. The molecule has 0 radical (unpaired) electrons. The molecule has 142 valence electrons. The molecule has 3 aromatic rings. The molecule has 5 rings (SSSR count). The highest BCUT2D eigenvalue weighted by Gasteiger charge is 2.42. The van der Waals surface area contributed by atoms with Crippen molar-refractivity contribution in [3.8, 4) is 17.2 Å². The molecule has 0 unspecified atom stereocenters. The molecular formula is C20H19N5O3. The highest BCUT2D eigenvalue weighted by molar-refractivity contribution is 6.04. The molecule has 1 saturated carbocycles. The Morgan fingerprint density at radius 3 is 2.54 bits per heavy atom. The van der Waals surface area contributed by atoms with E-state index >= 15 is 0 Å². The molecule has 1 aliphatic heterocycles. The number of tetrazole rings is 1. The number of carbonyl (C=O) groups is 1. The minimum atomic E-state index is -0.519. The second kappa shape index (κ2) is 6.63. The Kier molecular flexibility index (Phi) is 3.96. The van der Waals surface area contributed by atoms with Crippen LogP contribution in [0.4, 0.5) is 5.69 Å². The van der Waals surface area contributed by atoms with Crippen LogP contribution < -0.4 is 14.8 Å². The monoisotopic (exact) mass is 377 g/mol. The van der Waals surface area contributed by atoms with Crippen molar-refractivity contribution >= 4 is 11.6 Å². The summed E-state index contributed by atoms with van der Waals surface area (Å²) in [6, 6.07) is 12.6. The maximum atomic E-state index is 12.6. The van der Waals surface area contributed by atoms with E-state index in [2.05, 4.69) is 20.8 Å². The second-order valence-electron chi connectivity index (χ2n) is 7.09. The van der Waals surface area contributed by atoms with Crippen molar-refractivity contribution in [2.75, 3.05) is 5.32 Å². The van der Waals surface area contributed by atoms with Crippen LogP contribution in [-0.2, 0) is 0 Å². The number of aromatic nitrogens is 4. The molecule has 1 spiro atoms. The summed E-state index contributed by atoms with van der Waals surface area (Å²) >= 11 is 0. The highest BCUT2D eigenvalue weighted by atomic mass is 16.7. The summed E-state index contributed by atoms with van der Waals surface area (Å²) in [5.41, 5.74) is 1.99. The molecule has 0 bridgehead atoms. The van der Waals surface area contributed by atoms with E-state index < -0.39 is 5.79 Å². The third-order valence-electron chi connectivity index (χ3n) is 5.15. The summed E-state index contributed by atoms with van der Waals surface area (Å²) in [5, 5.41) is 13.9. The minimum absolute atomic E-state index is 0.200. The van der Waals surface area contributed by atoms with Crippen LogP contribution in [0.15, 0.2) is 48.8 Å². The molecule has 0 saturated heterocycles. The van der Waals surface area contributed by atoms with Gasteiger partial charge in [0.15, 0.2) is 11.5 Å². The zero-order valence-corrected chi connectivity index (χ0v) is 15.2. The van der Waals surface area contributed by atoms with Gasteiger partial charge < -0.3 is 14.8 Å². The molecular weight excluding hydrogens is 358 g/mol. The Labute approximate surface area is 161 Å². The summed E-state index contributed by atoms with van der Waals surface area (Å²) in [6.07, 6.45) is 6.74. The van der Waals surface area contributed by atoms with Crippen molar-refractivity contribution < 1.29 is 14.3 Å². The Morgan fingerprint density at radius 1 is 1.00 bits per heavy atom. The zero-order valence-electron chi connectivity index (χ0n) is 15.2. The van der Waals surface area contributed by atoms with Crippen molar-refractivity contribution in [3.05, 3.63) is 54.4 Å². The number of amides is 1. The van der Waals surface area contributed by atoms with Gasteiger partial charge in [-0.3, -0.25) is 4.79 Å². The summed E-state index contributed by atoms with van der Waals surface area (Å²) in [6.45, 7) is 0. The number of carbonyl (C=O) groups excluding carboxylic acids is 1. The van der Waals surface area contributed by atoms with Gasteiger partial charge in [0.05, 0.1) is 5.69 Å². The molecule has 1 aromatic heterocycles. The third kappa shape index (κ3) is 3.06. The number of nitrogens with zero attached hydrogens (tertiary/aromatic N) is 4. The molecule has 28 heavy (non-hydrogen) atoms. The fourth-order valence-electron chi connectivity index (χ4n) is 3.71. The van der Waals surface area contributed by atoms with Crippen LogP contribution in [0.25, 0.3) is 5.69 Å². The van der Waals surface area contributed by atoms with Crippen LogP contribution in [-0.4, -0.2) is 31.9 Å². The Balaban J connectivity index is 1.29. The van der Waals surface area contributed by atoms with Gasteiger partial charge >= 0.3 is 0 Å². The third-order valence-corrected chi connectivity index (χ3v) is 5.15. The second-order valence-corrected chi connectivity index (χ2v) is 7.09. The lowest BCUT2D eigenvalue weighted by atomic mass is 9.94. The fourth-order valence-corrected chi connectivity index (χ4v) is 3.71. The van der Waals surface area contributed by atoms with E-state index in [-0.39, 0.29) is 5.91 Å². The van der Waals surface area contributed by atoms with Crippen molar-refractivity contribution in [1.82, 2.24) is 20.2 Å². The molecule has 2 aromatic carbocycles. The number of fused-ring (bicyclic) bond motifs is 1. The quantitative estimate of drug-likeness (QED) is 0.753. The van der Waals surface area contributed by atoms with Crippen molar-refractivity contribution in [3.63, 3.8) is 0 Å². The van der Waals surface area contributed by atoms with Gasteiger partial charge in [0.2, 0.25) is 0 Å². The predicted octanol–water partition coefficient (Wildman–Crippen LogP) is 3.35. The normalized spacial score (nSPS) is 16.9. The SMILES string of the molecule is O=C(Nc1ccc2c(c1)OC1(CCCCC1)O2)c1ccc(-n2cnnn2)cc1. The van der Waals surface area contributed by atoms with E-state index in [4.69, 9.17) is 9.47 Å². The first-order chi connectivity index (χ1) is 13.7. The number of benzene rings is 2. The van der Waals surface area contributed by atoms with E-state index in [1.54, 1.807) is 24.3 Å². The van der Waals surface area contributed by atoms with Crippen LogP contribution in [0, 0.1) is 0 Å². The molecule has 8 heteroatoms. The average molecular weight is 377 g/mol. The Morgan fingerprint density at radius 2 is 1.79 bits per heavy atom. The fraction of sp³-hybridized carbons (Fsp3) is 0.300. The lowest BCUT2D eigenvalue weighted by molar-refractivity contribution is -0.105. The number of ether oxygens (including phenoxy) is 2. The summed E-state index contributed by atoms with van der Waals surface area (Å²) in [4.78, 5) is 12.6. The molecule has 2 heterocycles. The zero-order chi connectivity index (χ0) is 19.0. The first-order valence-electron chi connectivity index (χ1n) is 9.38. The van der Waals surface area contributed by atoms with Crippen LogP contribution in [0.2, 0.25) is 0 Å². The number of hydrogen-bond donors (Lipinski definition) is 1. The number of rotatable bonds is 3. The summed E-state index contributed by atoms with van der Waals surface area (Å²) in [5.74, 6) is 0.712. The van der Waals surface area contributed by atoms with E-state index in [0.717, 1.165) is 37.1 Å². The smallest absolute Gasteiger partial charge is 0.255 e. The van der Waals surface area contributed by atoms with E-state index in [9.17, 15) is 4.79 Å². The van der Waals surface area contributed by atoms with Crippen molar-refractivity contribution in [1.29, 1.82) is 0 Å². The van der Waals surface area contributed by atoms with E-state index in [0.29, 0.717) is 17.0 Å². The largest absolute Gasteiger partial charge is 0.448 e. The Bertz CT molecular complexity index is 995. The van der Waals surface area contributed by atoms with Gasteiger partial charge in [0.1, 0.15) is 6.33 Å². The van der Waals surface area contributed by atoms with Gasteiger partial charge in [-0.15, -0.1) is 5.10 Å². The maximum absolute atomic E-state index is 12.6. The molecule has 1 fully saturated rings. The average Bonchev–Trinajstić information content (AvgIpc) is 3.36. The summed E-state index contributed by atoms with van der Waals surface area (Å²) < 4.78 is 13.7. The van der Waals surface area contributed by atoms with Gasteiger partial charge in [-0.2, -0.15) is 0 Å². The van der Waals surface area contributed by atoms with Gasteiger partial charge in [-0.25, -0.2) is 4.68 Å². The van der Waals surface area contributed by atoms with Crippen LogP contribution >= 0.6 is 0 Å². The minimum Gasteiger partial charge on any atom is -0.448 e. The molecule has 1 amide bonds.